The number of anilines is 1. The number of esters is 1. The summed E-state index contributed by atoms with van der Waals surface area (Å²) >= 11 is 11.7. The summed E-state index contributed by atoms with van der Waals surface area (Å²) in [6, 6.07) is 9.24. The highest BCUT2D eigenvalue weighted by molar-refractivity contribution is 6.36. The molecule has 0 spiro atoms. The van der Waals surface area contributed by atoms with E-state index in [-0.39, 0.29) is 22.3 Å². The highest BCUT2D eigenvalue weighted by Crippen LogP contribution is 2.24. The van der Waals surface area contributed by atoms with Gasteiger partial charge in [0.25, 0.3) is 5.91 Å². The van der Waals surface area contributed by atoms with Gasteiger partial charge in [-0.2, -0.15) is 0 Å². The van der Waals surface area contributed by atoms with E-state index in [1.165, 1.54) is 18.2 Å². The number of hydrogen-bond acceptors (Lipinski definition) is 5. The molecule has 0 radical (unpaired) electrons. The molecular formula is C20H16Cl2N2O5. The maximum absolute atomic E-state index is 12.3. The molecule has 7 nitrogen and oxygen atoms in total. The van der Waals surface area contributed by atoms with E-state index in [1.54, 1.807) is 18.2 Å². The molecule has 0 unspecified atom stereocenters. The molecule has 3 rings (SSSR count). The molecule has 150 valence electrons. The number of nitrogens with one attached hydrogen (secondary N) is 2. The lowest BCUT2D eigenvalue weighted by Gasteiger charge is -2.17. The van der Waals surface area contributed by atoms with Crippen LogP contribution in [0.1, 0.15) is 32.7 Å². The Labute approximate surface area is 176 Å². The first-order chi connectivity index (χ1) is 13.8. The molecule has 0 saturated heterocycles. The second-order valence-electron chi connectivity index (χ2n) is 6.31. The zero-order chi connectivity index (χ0) is 21.0. The minimum absolute atomic E-state index is 0.0626. The van der Waals surface area contributed by atoms with Crippen LogP contribution in [0.15, 0.2) is 36.4 Å². The summed E-state index contributed by atoms with van der Waals surface area (Å²) in [5.74, 6) is -1.77. The van der Waals surface area contributed by atoms with Gasteiger partial charge in [0.1, 0.15) is 6.54 Å². The van der Waals surface area contributed by atoms with Gasteiger partial charge < -0.3 is 15.4 Å². The van der Waals surface area contributed by atoms with Crippen LogP contribution in [-0.2, 0) is 20.7 Å². The molecule has 1 heterocycles. The summed E-state index contributed by atoms with van der Waals surface area (Å²) in [5.41, 5.74) is 2.08. The fourth-order valence-electron chi connectivity index (χ4n) is 2.76. The Balaban J connectivity index is 1.49. The number of Topliss-reactive ketones (excluding diaryl/α,β-unsaturated/α-hetero) is 1. The first-order valence-electron chi connectivity index (χ1n) is 8.68. The van der Waals surface area contributed by atoms with Crippen molar-refractivity contribution < 1.29 is 23.9 Å². The summed E-state index contributed by atoms with van der Waals surface area (Å²) in [6.07, 6.45) is 0.901. The number of carbonyl (C=O) groups excluding carboxylic acids is 4. The molecule has 1 aliphatic heterocycles. The van der Waals surface area contributed by atoms with Crippen molar-refractivity contribution in [1.82, 2.24) is 5.32 Å². The Kier molecular flexibility index (Phi) is 6.51. The molecule has 9 heteroatoms. The number of fused-ring (bicyclic) bond motifs is 1. The number of amides is 2. The lowest BCUT2D eigenvalue weighted by Crippen LogP contribution is -2.31. The quantitative estimate of drug-likeness (QED) is 0.537. The van der Waals surface area contributed by atoms with Gasteiger partial charge in [0.2, 0.25) is 5.91 Å². The first-order valence-corrected chi connectivity index (χ1v) is 9.44. The maximum Gasteiger partial charge on any atom is 0.325 e. The van der Waals surface area contributed by atoms with Gasteiger partial charge in [0, 0.05) is 22.7 Å². The van der Waals surface area contributed by atoms with Crippen LogP contribution in [0.3, 0.4) is 0 Å². The fraction of sp³-hybridized carbons (Fsp3) is 0.200. The highest BCUT2D eigenvalue weighted by atomic mass is 35.5. The molecule has 1 aliphatic rings. The second-order valence-corrected chi connectivity index (χ2v) is 7.15. The third-order valence-corrected chi connectivity index (χ3v) is 4.80. The molecule has 2 aromatic rings. The van der Waals surface area contributed by atoms with E-state index in [9.17, 15) is 19.2 Å². The van der Waals surface area contributed by atoms with Crippen molar-refractivity contribution >= 4 is 52.5 Å². The number of benzene rings is 2. The number of ketones is 1. The van der Waals surface area contributed by atoms with E-state index in [0.29, 0.717) is 29.1 Å². The highest BCUT2D eigenvalue weighted by Gasteiger charge is 2.18. The van der Waals surface area contributed by atoms with Crippen LogP contribution in [0, 0.1) is 0 Å². The third kappa shape index (κ3) is 5.34. The van der Waals surface area contributed by atoms with Gasteiger partial charge in [-0.25, -0.2) is 0 Å². The van der Waals surface area contributed by atoms with E-state index in [4.69, 9.17) is 27.9 Å². The summed E-state index contributed by atoms with van der Waals surface area (Å²) in [7, 11) is 0. The molecule has 0 aliphatic carbocycles. The average Bonchev–Trinajstić information content (AvgIpc) is 2.69. The predicted octanol–water partition coefficient (Wildman–Crippen LogP) is 3.03. The van der Waals surface area contributed by atoms with Gasteiger partial charge in [-0.05, 0) is 48.4 Å². The predicted molar refractivity (Wildman–Crippen MR) is 107 cm³/mol. The minimum atomic E-state index is -0.762. The van der Waals surface area contributed by atoms with Crippen LogP contribution in [0.2, 0.25) is 10.0 Å². The Morgan fingerprint density at radius 2 is 1.86 bits per heavy atom. The van der Waals surface area contributed by atoms with E-state index in [2.05, 4.69) is 10.6 Å². The van der Waals surface area contributed by atoms with Crippen molar-refractivity contribution in [2.24, 2.45) is 0 Å². The van der Waals surface area contributed by atoms with Gasteiger partial charge in [0.05, 0.1) is 10.6 Å². The van der Waals surface area contributed by atoms with Gasteiger partial charge in [-0.15, -0.1) is 0 Å². The van der Waals surface area contributed by atoms with Crippen LogP contribution >= 0.6 is 23.2 Å². The van der Waals surface area contributed by atoms with E-state index in [0.717, 1.165) is 5.56 Å². The summed E-state index contributed by atoms with van der Waals surface area (Å²) in [6.45, 7) is -0.872. The molecule has 2 aromatic carbocycles. The average molecular weight is 435 g/mol. The zero-order valence-electron chi connectivity index (χ0n) is 15.1. The van der Waals surface area contributed by atoms with E-state index < -0.39 is 25.0 Å². The SMILES string of the molecule is O=C1CCc2cc(C(=O)COC(=O)CNC(=O)c3ccc(Cl)cc3Cl)ccc2N1. The van der Waals surface area contributed by atoms with Gasteiger partial charge >= 0.3 is 5.97 Å². The zero-order valence-corrected chi connectivity index (χ0v) is 16.6. The number of carbonyl (C=O) groups is 4. The van der Waals surface area contributed by atoms with E-state index in [1.807, 2.05) is 0 Å². The maximum atomic E-state index is 12.3. The molecule has 0 fully saturated rings. The topological polar surface area (TPSA) is 102 Å². The number of halogens is 2. The van der Waals surface area contributed by atoms with Crippen LogP contribution < -0.4 is 10.6 Å². The number of hydrogen-bond donors (Lipinski definition) is 2. The smallest absolute Gasteiger partial charge is 0.325 e. The summed E-state index contributed by atoms with van der Waals surface area (Å²) < 4.78 is 4.93. The molecule has 2 amide bonds. The van der Waals surface area contributed by atoms with Crippen LogP contribution in [0.25, 0.3) is 0 Å². The molecule has 0 aromatic heterocycles. The van der Waals surface area contributed by atoms with Gasteiger partial charge in [-0.1, -0.05) is 23.2 Å². The molecule has 0 saturated carbocycles. The van der Waals surface area contributed by atoms with Crippen molar-refractivity contribution in [3.8, 4) is 0 Å². The molecule has 0 atom stereocenters. The fourth-order valence-corrected chi connectivity index (χ4v) is 3.25. The lowest BCUT2D eigenvalue weighted by atomic mass is 9.99. The molecule has 0 bridgehead atoms. The Hall–Kier alpha value is -2.90. The Bertz CT molecular complexity index is 1010. The molecular weight excluding hydrogens is 419 g/mol. The first kappa shape index (κ1) is 20.8. The number of rotatable bonds is 6. The monoisotopic (exact) mass is 434 g/mol. The van der Waals surface area contributed by atoms with Crippen molar-refractivity contribution in [3.05, 3.63) is 63.1 Å². The summed E-state index contributed by atoms with van der Waals surface area (Å²) in [4.78, 5) is 47.5. The van der Waals surface area contributed by atoms with Crippen molar-refractivity contribution in [2.45, 2.75) is 12.8 Å². The molecule has 29 heavy (non-hydrogen) atoms. The van der Waals surface area contributed by atoms with Crippen molar-refractivity contribution in [3.63, 3.8) is 0 Å². The standard InChI is InChI=1S/C20H16Cl2N2O5/c21-13-3-4-14(15(22)8-13)20(28)23-9-19(27)29-10-17(25)12-1-5-16-11(7-12)2-6-18(26)24-16/h1,3-5,7-8H,2,6,9-10H2,(H,23,28)(H,24,26). The number of ether oxygens (including phenoxy) is 1. The van der Waals surface area contributed by atoms with Crippen LogP contribution in [0.4, 0.5) is 5.69 Å². The van der Waals surface area contributed by atoms with Crippen molar-refractivity contribution in [2.75, 3.05) is 18.5 Å². The second kappa shape index (κ2) is 9.07. The number of aryl methyl sites for hydroxylation is 1. The van der Waals surface area contributed by atoms with Crippen LogP contribution in [-0.4, -0.2) is 36.7 Å². The van der Waals surface area contributed by atoms with Crippen LogP contribution in [0.5, 0.6) is 0 Å². The Morgan fingerprint density at radius 1 is 1.07 bits per heavy atom. The molecule has 2 N–H and O–H groups in total. The Morgan fingerprint density at radius 3 is 2.62 bits per heavy atom. The normalized spacial score (nSPS) is 12.6. The largest absolute Gasteiger partial charge is 0.456 e. The van der Waals surface area contributed by atoms with Crippen molar-refractivity contribution in [1.29, 1.82) is 0 Å². The van der Waals surface area contributed by atoms with Gasteiger partial charge in [0.15, 0.2) is 12.4 Å². The van der Waals surface area contributed by atoms with E-state index >= 15 is 0 Å². The van der Waals surface area contributed by atoms with Gasteiger partial charge in [-0.3, -0.25) is 19.2 Å². The minimum Gasteiger partial charge on any atom is -0.456 e. The third-order valence-electron chi connectivity index (χ3n) is 4.26. The lowest BCUT2D eigenvalue weighted by molar-refractivity contribution is -0.141. The summed E-state index contributed by atoms with van der Waals surface area (Å²) in [5, 5.41) is 5.64.